The van der Waals surface area contributed by atoms with Crippen molar-refractivity contribution in [1.82, 2.24) is 20.9 Å². The summed E-state index contributed by atoms with van der Waals surface area (Å²) in [6.07, 6.45) is 7.32. The van der Waals surface area contributed by atoms with Crippen LogP contribution in [0.4, 0.5) is 0 Å². The lowest BCUT2D eigenvalue weighted by atomic mass is 9.89. The fourth-order valence-corrected chi connectivity index (χ4v) is 4.90. The van der Waals surface area contributed by atoms with Gasteiger partial charge in [0.2, 0.25) is 17.7 Å². The molecule has 1 saturated carbocycles. The molecule has 1 aliphatic heterocycles. The molecular formula is C20H36N6O3S. The second-order valence-electron chi connectivity index (χ2n) is 8.00. The summed E-state index contributed by atoms with van der Waals surface area (Å²) in [4.78, 5) is 38.4. The summed E-state index contributed by atoms with van der Waals surface area (Å²) < 4.78 is 0. The predicted molar refractivity (Wildman–Crippen MR) is 119 cm³/mol. The van der Waals surface area contributed by atoms with Crippen molar-refractivity contribution in [2.24, 2.45) is 11.7 Å². The van der Waals surface area contributed by atoms with Gasteiger partial charge in [-0.15, -0.1) is 11.8 Å². The quantitative estimate of drug-likeness (QED) is 0.135. The molecule has 2 atom stereocenters. The van der Waals surface area contributed by atoms with E-state index in [0.29, 0.717) is 44.1 Å². The number of carbonyl (C=O) groups is 3. The fourth-order valence-electron chi connectivity index (χ4n) is 3.86. The summed E-state index contributed by atoms with van der Waals surface area (Å²) in [7, 11) is 1.66. The number of hydrogen-bond donors (Lipinski definition) is 5. The highest BCUT2D eigenvalue weighted by Gasteiger charge is 2.39. The molecule has 170 valence electrons. The number of nitrogens with zero attached hydrogens (tertiary/aromatic N) is 1. The van der Waals surface area contributed by atoms with E-state index in [1.54, 1.807) is 7.05 Å². The van der Waals surface area contributed by atoms with Crippen LogP contribution >= 0.6 is 11.8 Å². The van der Waals surface area contributed by atoms with Gasteiger partial charge >= 0.3 is 0 Å². The molecule has 0 spiro atoms. The number of guanidine groups is 1. The standard InChI is InChI=1S/C20H36N6O3S/c1-23-20(22)25-9-5-8-15(21)18(28)24-10-11-30-16-12-17(27)26(19(16)29)13-14-6-3-2-4-7-14/h14-16H,2-13,21H2,1H3,(H,24,28)(H3,22,23,25). The molecule has 2 fully saturated rings. The maximum atomic E-state index is 12.6. The minimum atomic E-state index is -0.596. The zero-order valence-corrected chi connectivity index (χ0v) is 18.7. The summed E-state index contributed by atoms with van der Waals surface area (Å²) in [5, 5.41) is 15.4. The van der Waals surface area contributed by atoms with E-state index in [0.717, 1.165) is 12.8 Å². The fraction of sp³-hybridized carbons (Fsp3) is 0.800. The van der Waals surface area contributed by atoms with Crippen LogP contribution in [0.15, 0.2) is 0 Å². The topological polar surface area (TPSA) is 140 Å². The molecule has 3 amide bonds. The lowest BCUT2D eigenvalue weighted by Crippen LogP contribution is -2.42. The minimum Gasteiger partial charge on any atom is -0.360 e. The molecule has 30 heavy (non-hydrogen) atoms. The molecule has 10 heteroatoms. The van der Waals surface area contributed by atoms with Gasteiger partial charge in [0.1, 0.15) is 0 Å². The second kappa shape index (κ2) is 12.8. The SMILES string of the molecule is CNC(=N)NCCCC(N)C(=O)NCCSC1CC(=O)N(CC2CCCCC2)C1=O. The Kier molecular flexibility index (Phi) is 10.4. The van der Waals surface area contributed by atoms with E-state index in [4.69, 9.17) is 11.1 Å². The first-order valence-electron chi connectivity index (χ1n) is 10.9. The molecule has 0 aromatic heterocycles. The zero-order chi connectivity index (χ0) is 21.9. The van der Waals surface area contributed by atoms with E-state index in [2.05, 4.69) is 16.0 Å². The largest absolute Gasteiger partial charge is 0.360 e. The van der Waals surface area contributed by atoms with Gasteiger partial charge in [-0.25, -0.2) is 0 Å². The molecule has 2 unspecified atom stereocenters. The van der Waals surface area contributed by atoms with Crippen molar-refractivity contribution in [3.8, 4) is 0 Å². The van der Waals surface area contributed by atoms with Crippen molar-refractivity contribution < 1.29 is 14.4 Å². The van der Waals surface area contributed by atoms with Crippen LogP contribution < -0.4 is 21.7 Å². The molecule has 1 saturated heterocycles. The summed E-state index contributed by atoms with van der Waals surface area (Å²) in [6.45, 7) is 1.56. The van der Waals surface area contributed by atoms with E-state index in [-0.39, 0.29) is 35.4 Å². The van der Waals surface area contributed by atoms with Crippen molar-refractivity contribution in [2.75, 3.05) is 32.4 Å². The first-order valence-corrected chi connectivity index (χ1v) is 12.0. The maximum absolute atomic E-state index is 12.6. The number of rotatable bonds is 11. The number of nitrogens with two attached hydrogens (primary N) is 1. The summed E-state index contributed by atoms with van der Waals surface area (Å²) in [6, 6.07) is -0.596. The monoisotopic (exact) mass is 440 g/mol. The summed E-state index contributed by atoms with van der Waals surface area (Å²) >= 11 is 1.43. The third-order valence-electron chi connectivity index (χ3n) is 5.67. The number of thioether (sulfide) groups is 1. The summed E-state index contributed by atoms with van der Waals surface area (Å²) in [5.74, 6) is 0.914. The highest BCUT2D eigenvalue weighted by Crippen LogP contribution is 2.29. The highest BCUT2D eigenvalue weighted by atomic mass is 32.2. The molecule has 6 N–H and O–H groups in total. The van der Waals surface area contributed by atoms with Gasteiger partial charge in [0.05, 0.1) is 11.3 Å². The Balaban J connectivity index is 1.60. The average molecular weight is 441 g/mol. The molecule has 1 heterocycles. The normalized spacial score (nSPS) is 20.9. The molecule has 2 rings (SSSR count). The van der Waals surface area contributed by atoms with E-state index < -0.39 is 6.04 Å². The van der Waals surface area contributed by atoms with Crippen LogP contribution in [0.5, 0.6) is 0 Å². The first kappa shape index (κ1) is 24.5. The van der Waals surface area contributed by atoms with E-state index >= 15 is 0 Å². The molecule has 1 aliphatic carbocycles. The molecule has 0 radical (unpaired) electrons. The maximum Gasteiger partial charge on any atom is 0.242 e. The predicted octanol–water partition coefficient (Wildman–Crippen LogP) is 0.395. The minimum absolute atomic E-state index is 0.0610. The van der Waals surface area contributed by atoms with Gasteiger partial charge in [-0.2, -0.15) is 0 Å². The number of nitrogens with one attached hydrogen (secondary N) is 4. The van der Waals surface area contributed by atoms with Gasteiger partial charge < -0.3 is 21.7 Å². The van der Waals surface area contributed by atoms with Crippen molar-refractivity contribution in [2.45, 2.75) is 62.7 Å². The smallest absolute Gasteiger partial charge is 0.242 e. The Hall–Kier alpha value is -1.81. The molecule has 0 bridgehead atoms. The first-order chi connectivity index (χ1) is 14.4. The van der Waals surface area contributed by atoms with Crippen LogP contribution in [0.1, 0.15) is 51.4 Å². The van der Waals surface area contributed by atoms with Crippen molar-refractivity contribution in [1.29, 1.82) is 5.41 Å². The van der Waals surface area contributed by atoms with Crippen LogP contribution in [-0.4, -0.2) is 72.3 Å². The second-order valence-corrected chi connectivity index (χ2v) is 9.31. The zero-order valence-electron chi connectivity index (χ0n) is 17.9. The van der Waals surface area contributed by atoms with Crippen molar-refractivity contribution in [3.63, 3.8) is 0 Å². The third-order valence-corrected chi connectivity index (χ3v) is 6.88. The molecule has 2 aliphatic rings. The highest BCUT2D eigenvalue weighted by molar-refractivity contribution is 8.00. The van der Waals surface area contributed by atoms with Crippen LogP contribution in [0.25, 0.3) is 0 Å². The average Bonchev–Trinajstić information content (AvgIpc) is 3.01. The van der Waals surface area contributed by atoms with Gasteiger partial charge in [-0.05, 0) is 31.6 Å². The number of likely N-dealkylation sites (tertiary alicyclic amines) is 1. The Labute approximate surface area is 183 Å². The van der Waals surface area contributed by atoms with Crippen LogP contribution in [0.2, 0.25) is 0 Å². The van der Waals surface area contributed by atoms with Gasteiger partial charge in [0, 0.05) is 38.9 Å². The Morgan fingerprint density at radius 3 is 2.67 bits per heavy atom. The Morgan fingerprint density at radius 1 is 1.23 bits per heavy atom. The lowest BCUT2D eigenvalue weighted by Gasteiger charge is -2.25. The number of hydrogen-bond acceptors (Lipinski definition) is 6. The number of amides is 3. The summed E-state index contributed by atoms with van der Waals surface area (Å²) in [5.41, 5.74) is 5.90. The Bertz CT molecular complexity index is 611. The van der Waals surface area contributed by atoms with Crippen molar-refractivity contribution >= 4 is 35.4 Å². The van der Waals surface area contributed by atoms with Gasteiger partial charge in [0.25, 0.3) is 0 Å². The van der Waals surface area contributed by atoms with Crippen LogP contribution in [0.3, 0.4) is 0 Å². The van der Waals surface area contributed by atoms with Gasteiger partial charge in [-0.3, -0.25) is 24.7 Å². The molecular weight excluding hydrogens is 404 g/mol. The third kappa shape index (κ3) is 7.79. The van der Waals surface area contributed by atoms with E-state index in [9.17, 15) is 14.4 Å². The molecule has 9 nitrogen and oxygen atoms in total. The van der Waals surface area contributed by atoms with Gasteiger partial charge in [0.15, 0.2) is 5.96 Å². The Morgan fingerprint density at radius 2 is 1.97 bits per heavy atom. The van der Waals surface area contributed by atoms with Gasteiger partial charge in [-0.1, -0.05) is 19.3 Å². The lowest BCUT2D eigenvalue weighted by molar-refractivity contribution is -0.139. The van der Waals surface area contributed by atoms with Crippen molar-refractivity contribution in [3.05, 3.63) is 0 Å². The van der Waals surface area contributed by atoms with Crippen LogP contribution in [-0.2, 0) is 14.4 Å². The van der Waals surface area contributed by atoms with Crippen LogP contribution in [0, 0.1) is 11.3 Å². The van der Waals surface area contributed by atoms with E-state index in [1.165, 1.54) is 35.9 Å². The number of carbonyl (C=O) groups excluding carboxylic acids is 3. The molecule has 0 aromatic rings. The number of imide groups is 1. The molecule has 0 aromatic carbocycles. The van der Waals surface area contributed by atoms with E-state index in [1.807, 2.05) is 0 Å².